The van der Waals surface area contributed by atoms with Gasteiger partial charge in [-0.2, -0.15) is 0 Å². The number of hydrogen-bond acceptors (Lipinski definition) is 0. The zero-order valence-electron chi connectivity index (χ0n) is 16.8. The fourth-order valence-corrected chi connectivity index (χ4v) is 4.65. The average molecular weight is 383 g/mol. The molecule has 1 heterocycles. The second-order valence-electron chi connectivity index (χ2n) is 7.95. The van der Waals surface area contributed by atoms with Crippen LogP contribution >= 0.6 is 0 Å². The van der Waals surface area contributed by atoms with Crippen molar-refractivity contribution in [1.82, 2.24) is 4.57 Å². The molecule has 6 rings (SSSR count). The van der Waals surface area contributed by atoms with Crippen molar-refractivity contribution >= 4 is 32.6 Å². The van der Waals surface area contributed by atoms with Crippen LogP contribution in [0.25, 0.3) is 49.4 Å². The SMILES string of the molecule is Cc1cccc(-c2ccc3c4c5ccccc5ccc4n(-c4ccccc4)c3c2)c1. The third kappa shape index (κ3) is 2.56. The minimum atomic E-state index is 1.19. The van der Waals surface area contributed by atoms with Gasteiger partial charge in [0.1, 0.15) is 0 Å². The summed E-state index contributed by atoms with van der Waals surface area (Å²) in [6.45, 7) is 2.15. The monoisotopic (exact) mass is 383 g/mol. The maximum atomic E-state index is 2.40. The van der Waals surface area contributed by atoms with Crippen molar-refractivity contribution in [3.05, 3.63) is 115 Å². The zero-order valence-corrected chi connectivity index (χ0v) is 16.8. The molecule has 1 heteroatoms. The van der Waals surface area contributed by atoms with E-state index >= 15 is 0 Å². The lowest BCUT2D eigenvalue weighted by Gasteiger charge is -2.09. The van der Waals surface area contributed by atoms with E-state index in [1.165, 1.54) is 55.0 Å². The summed E-state index contributed by atoms with van der Waals surface area (Å²) in [4.78, 5) is 0. The normalized spacial score (nSPS) is 11.5. The first kappa shape index (κ1) is 17.1. The van der Waals surface area contributed by atoms with Gasteiger partial charge < -0.3 is 4.57 Å². The van der Waals surface area contributed by atoms with E-state index in [0.717, 1.165) is 0 Å². The molecule has 0 aliphatic rings. The van der Waals surface area contributed by atoms with E-state index in [1.54, 1.807) is 0 Å². The standard InChI is InChI=1S/C29H21N/c1-20-8-7-10-22(18-20)23-14-16-26-28(19-23)30(24-11-3-2-4-12-24)27-17-15-21-9-5-6-13-25(21)29(26)27/h2-19H,1H3. The number of fused-ring (bicyclic) bond motifs is 5. The maximum absolute atomic E-state index is 2.40. The van der Waals surface area contributed by atoms with Gasteiger partial charge in [-0.05, 0) is 53.1 Å². The summed E-state index contributed by atoms with van der Waals surface area (Å²) in [7, 11) is 0. The van der Waals surface area contributed by atoms with E-state index in [9.17, 15) is 0 Å². The highest BCUT2D eigenvalue weighted by Gasteiger charge is 2.15. The van der Waals surface area contributed by atoms with E-state index in [-0.39, 0.29) is 0 Å². The second-order valence-corrected chi connectivity index (χ2v) is 7.95. The Labute approximate surface area is 175 Å². The van der Waals surface area contributed by atoms with Gasteiger partial charge in [0.2, 0.25) is 0 Å². The van der Waals surface area contributed by atoms with Crippen LogP contribution in [0.3, 0.4) is 0 Å². The lowest BCUT2D eigenvalue weighted by Crippen LogP contribution is -1.93. The summed E-state index contributed by atoms with van der Waals surface area (Å²) in [6, 6.07) is 39.5. The van der Waals surface area contributed by atoms with Crippen LogP contribution in [0.4, 0.5) is 0 Å². The molecule has 0 aliphatic carbocycles. The Morgan fingerprint density at radius 3 is 2.20 bits per heavy atom. The van der Waals surface area contributed by atoms with Crippen molar-refractivity contribution in [3.8, 4) is 16.8 Å². The summed E-state index contributed by atoms with van der Waals surface area (Å²) >= 11 is 0. The van der Waals surface area contributed by atoms with Crippen molar-refractivity contribution in [1.29, 1.82) is 0 Å². The van der Waals surface area contributed by atoms with Crippen LogP contribution in [0.5, 0.6) is 0 Å². The van der Waals surface area contributed by atoms with Gasteiger partial charge in [0.25, 0.3) is 0 Å². The maximum Gasteiger partial charge on any atom is 0.0547 e. The fourth-order valence-electron chi connectivity index (χ4n) is 4.65. The van der Waals surface area contributed by atoms with Crippen LogP contribution in [-0.2, 0) is 0 Å². The first-order valence-electron chi connectivity index (χ1n) is 10.4. The molecule has 0 amide bonds. The minimum Gasteiger partial charge on any atom is -0.309 e. The molecule has 0 aliphatic heterocycles. The van der Waals surface area contributed by atoms with E-state index < -0.39 is 0 Å². The predicted octanol–water partition coefficient (Wildman–Crippen LogP) is 7.91. The minimum absolute atomic E-state index is 1.19. The van der Waals surface area contributed by atoms with Crippen molar-refractivity contribution < 1.29 is 0 Å². The Bertz CT molecular complexity index is 1540. The largest absolute Gasteiger partial charge is 0.309 e. The topological polar surface area (TPSA) is 4.93 Å². The van der Waals surface area contributed by atoms with Gasteiger partial charge in [-0.15, -0.1) is 0 Å². The molecule has 0 spiro atoms. The summed E-state index contributed by atoms with van der Waals surface area (Å²) in [5.41, 5.74) is 7.46. The molecular weight excluding hydrogens is 362 g/mol. The smallest absolute Gasteiger partial charge is 0.0547 e. The van der Waals surface area contributed by atoms with Crippen molar-refractivity contribution in [2.45, 2.75) is 6.92 Å². The van der Waals surface area contributed by atoms with Crippen LogP contribution in [0.2, 0.25) is 0 Å². The molecule has 1 nitrogen and oxygen atoms in total. The zero-order chi connectivity index (χ0) is 20.1. The quantitative estimate of drug-likeness (QED) is 0.286. The van der Waals surface area contributed by atoms with Crippen LogP contribution in [0, 0.1) is 6.92 Å². The third-order valence-corrected chi connectivity index (χ3v) is 6.02. The molecule has 0 bridgehead atoms. The van der Waals surface area contributed by atoms with Gasteiger partial charge in [-0.25, -0.2) is 0 Å². The third-order valence-electron chi connectivity index (χ3n) is 6.02. The Hall–Kier alpha value is -3.84. The van der Waals surface area contributed by atoms with E-state index in [4.69, 9.17) is 0 Å². The first-order valence-corrected chi connectivity index (χ1v) is 10.4. The van der Waals surface area contributed by atoms with E-state index in [2.05, 4.69) is 121 Å². The molecule has 0 unspecified atom stereocenters. The number of nitrogens with zero attached hydrogens (tertiary/aromatic N) is 1. The summed E-state index contributed by atoms with van der Waals surface area (Å²) < 4.78 is 2.40. The molecule has 30 heavy (non-hydrogen) atoms. The number of aryl methyl sites for hydroxylation is 1. The lowest BCUT2D eigenvalue weighted by molar-refractivity contribution is 1.18. The fraction of sp³-hybridized carbons (Fsp3) is 0.0345. The van der Waals surface area contributed by atoms with Crippen LogP contribution in [0.1, 0.15) is 5.56 Å². The molecule has 0 N–H and O–H groups in total. The van der Waals surface area contributed by atoms with Crippen LogP contribution in [-0.4, -0.2) is 4.57 Å². The number of benzene rings is 5. The Morgan fingerprint density at radius 1 is 0.533 bits per heavy atom. The van der Waals surface area contributed by atoms with E-state index in [0.29, 0.717) is 0 Å². The van der Waals surface area contributed by atoms with Crippen molar-refractivity contribution in [2.75, 3.05) is 0 Å². The molecule has 0 radical (unpaired) electrons. The number of rotatable bonds is 2. The summed E-state index contributed by atoms with van der Waals surface area (Å²) in [6.07, 6.45) is 0. The second kappa shape index (κ2) is 6.60. The molecule has 1 aromatic heterocycles. The molecule has 0 saturated heterocycles. The van der Waals surface area contributed by atoms with Gasteiger partial charge in [0, 0.05) is 16.5 Å². The Morgan fingerprint density at radius 2 is 1.33 bits per heavy atom. The summed E-state index contributed by atoms with van der Waals surface area (Å²) in [5, 5.41) is 5.20. The van der Waals surface area contributed by atoms with Gasteiger partial charge in [-0.1, -0.05) is 90.5 Å². The van der Waals surface area contributed by atoms with Crippen molar-refractivity contribution in [2.24, 2.45) is 0 Å². The molecule has 0 atom stereocenters. The Balaban J connectivity index is 1.77. The molecule has 142 valence electrons. The van der Waals surface area contributed by atoms with Gasteiger partial charge in [-0.3, -0.25) is 0 Å². The molecule has 6 aromatic rings. The summed E-state index contributed by atoms with van der Waals surface area (Å²) in [5.74, 6) is 0. The number of aromatic nitrogens is 1. The van der Waals surface area contributed by atoms with Crippen LogP contribution in [0.15, 0.2) is 109 Å². The van der Waals surface area contributed by atoms with Gasteiger partial charge in [0.15, 0.2) is 0 Å². The van der Waals surface area contributed by atoms with E-state index in [1.807, 2.05) is 0 Å². The highest BCUT2D eigenvalue weighted by molar-refractivity contribution is 6.21. The number of para-hydroxylation sites is 1. The Kier molecular flexibility index (Phi) is 3.75. The highest BCUT2D eigenvalue weighted by Crippen LogP contribution is 2.38. The average Bonchev–Trinajstić information content (AvgIpc) is 3.13. The van der Waals surface area contributed by atoms with Crippen molar-refractivity contribution in [3.63, 3.8) is 0 Å². The van der Waals surface area contributed by atoms with Gasteiger partial charge in [0.05, 0.1) is 11.0 Å². The van der Waals surface area contributed by atoms with Gasteiger partial charge >= 0.3 is 0 Å². The predicted molar refractivity (Wildman–Crippen MR) is 128 cm³/mol. The first-order chi connectivity index (χ1) is 14.8. The molecular formula is C29H21N. The number of hydrogen-bond donors (Lipinski definition) is 0. The lowest BCUT2D eigenvalue weighted by atomic mass is 10.00. The molecule has 0 saturated carbocycles. The highest BCUT2D eigenvalue weighted by atomic mass is 15.0. The van der Waals surface area contributed by atoms with Crippen LogP contribution < -0.4 is 0 Å². The molecule has 5 aromatic carbocycles. The molecule has 0 fully saturated rings.